The van der Waals surface area contributed by atoms with E-state index >= 15 is 0 Å². The summed E-state index contributed by atoms with van der Waals surface area (Å²) < 4.78 is 1.79. The van der Waals surface area contributed by atoms with Crippen LogP contribution in [0.25, 0.3) is 0 Å². The highest BCUT2D eigenvalue weighted by atomic mass is 32.2. The number of benzene rings is 2. The molecule has 6 heteroatoms. The summed E-state index contributed by atoms with van der Waals surface area (Å²) in [4.78, 5) is 16.1. The van der Waals surface area contributed by atoms with Gasteiger partial charge in [-0.1, -0.05) is 53.7 Å². The Kier molecular flexibility index (Phi) is 6.84. The third-order valence-corrected chi connectivity index (χ3v) is 7.09. The van der Waals surface area contributed by atoms with Gasteiger partial charge < -0.3 is 4.90 Å². The molecule has 1 aliphatic rings. The van der Waals surface area contributed by atoms with Gasteiger partial charge in [-0.2, -0.15) is 0 Å². The highest BCUT2D eigenvalue weighted by molar-refractivity contribution is 8.00. The standard InChI is InChI=1S/C24H28N4OS/c1-19-8-5-6-12-23(19)30-21-13-16-27(17-14-21)24(29)22-18-28(26-25-22)15-7-11-20-9-3-2-4-10-20/h2-6,8-10,12,18,21H,7,11,13-17H2,1H3. The zero-order valence-corrected chi connectivity index (χ0v) is 18.2. The zero-order chi connectivity index (χ0) is 20.8. The maximum absolute atomic E-state index is 12.8. The summed E-state index contributed by atoms with van der Waals surface area (Å²) in [6, 6.07) is 18.9. The van der Waals surface area contributed by atoms with Gasteiger partial charge in [0.1, 0.15) is 0 Å². The van der Waals surface area contributed by atoms with Gasteiger partial charge in [-0.15, -0.1) is 16.9 Å². The number of carbonyl (C=O) groups is 1. The molecule has 30 heavy (non-hydrogen) atoms. The van der Waals surface area contributed by atoms with Crippen molar-refractivity contribution >= 4 is 17.7 Å². The largest absolute Gasteiger partial charge is 0.337 e. The van der Waals surface area contributed by atoms with E-state index in [4.69, 9.17) is 0 Å². The minimum atomic E-state index is 0.00338. The lowest BCUT2D eigenvalue weighted by Crippen LogP contribution is -2.39. The number of hydrogen-bond donors (Lipinski definition) is 0. The second-order valence-electron chi connectivity index (χ2n) is 7.83. The van der Waals surface area contributed by atoms with Gasteiger partial charge in [-0.05, 0) is 49.8 Å². The molecule has 0 saturated carbocycles. The van der Waals surface area contributed by atoms with E-state index in [1.807, 2.05) is 22.7 Å². The first-order valence-corrected chi connectivity index (χ1v) is 11.5. The zero-order valence-electron chi connectivity index (χ0n) is 17.4. The molecule has 1 aliphatic heterocycles. The Morgan fingerprint density at radius 3 is 2.57 bits per heavy atom. The number of aromatic nitrogens is 3. The molecule has 2 aromatic carbocycles. The molecule has 1 fully saturated rings. The molecule has 0 spiro atoms. The van der Waals surface area contributed by atoms with Crippen molar-refractivity contribution in [3.63, 3.8) is 0 Å². The van der Waals surface area contributed by atoms with Gasteiger partial charge in [0, 0.05) is 29.8 Å². The van der Waals surface area contributed by atoms with Crippen LogP contribution in [-0.4, -0.2) is 44.1 Å². The molecule has 0 atom stereocenters. The first kappa shape index (κ1) is 20.7. The van der Waals surface area contributed by atoms with Crippen LogP contribution in [0.4, 0.5) is 0 Å². The number of piperidine rings is 1. The number of rotatable bonds is 7. The fraction of sp³-hybridized carbons (Fsp3) is 0.375. The summed E-state index contributed by atoms with van der Waals surface area (Å²) in [5.74, 6) is 0.00338. The van der Waals surface area contributed by atoms with Crippen molar-refractivity contribution in [2.45, 2.75) is 49.3 Å². The topological polar surface area (TPSA) is 51.0 Å². The second-order valence-corrected chi connectivity index (χ2v) is 9.17. The summed E-state index contributed by atoms with van der Waals surface area (Å²) in [5, 5.41) is 8.85. The van der Waals surface area contributed by atoms with Crippen LogP contribution in [0.5, 0.6) is 0 Å². The van der Waals surface area contributed by atoms with E-state index in [1.165, 1.54) is 16.0 Å². The van der Waals surface area contributed by atoms with Gasteiger partial charge in [-0.3, -0.25) is 9.48 Å². The lowest BCUT2D eigenvalue weighted by molar-refractivity contribution is 0.0721. The Labute approximate surface area is 182 Å². The van der Waals surface area contributed by atoms with Crippen LogP contribution in [0, 0.1) is 6.92 Å². The van der Waals surface area contributed by atoms with E-state index < -0.39 is 0 Å². The molecule has 0 radical (unpaired) electrons. The fourth-order valence-electron chi connectivity index (χ4n) is 3.80. The number of likely N-dealkylation sites (tertiary alicyclic amines) is 1. The minimum absolute atomic E-state index is 0.00338. The maximum Gasteiger partial charge on any atom is 0.276 e. The molecule has 0 unspecified atom stereocenters. The Morgan fingerprint density at radius 1 is 1.07 bits per heavy atom. The summed E-state index contributed by atoms with van der Waals surface area (Å²) in [7, 11) is 0. The molecule has 4 rings (SSSR count). The number of amides is 1. The van der Waals surface area contributed by atoms with Gasteiger partial charge in [0.2, 0.25) is 0 Å². The normalized spacial score (nSPS) is 14.8. The molecule has 0 aliphatic carbocycles. The molecule has 2 heterocycles. The molecular formula is C24H28N4OS. The van der Waals surface area contributed by atoms with Crippen LogP contribution < -0.4 is 0 Å². The molecule has 5 nitrogen and oxygen atoms in total. The van der Waals surface area contributed by atoms with Crippen molar-refractivity contribution in [3.05, 3.63) is 77.6 Å². The lowest BCUT2D eigenvalue weighted by Gasteiger charge is -2.31. The first-order chi connectivity index (χ1) is 14.7. The van der Waals surface area contributed by atoms with E-state index in [2.05, 4.69) is 65.8 Å². The summed E-state index contributed by atoms with van der Waals surface area (Å²) in [6.45, 7) is 4.49. The van der Waals surface area contributed by atoms with Crippen LogP contribution >= 0.6 is 11.8 Å². The van der Waals surface area contributed by atoms with Gasteiger partial charge in [0.05, 0.1) is 6.20 Å². The summed E-state index contributed by atoms with van der Waals surface area (Å²) >= 11 is 1.94. The second kappa shape index (κ2) is 9.94. The van der Waals surface area contributed by atoms with Crippen molar-refractivity contribution in [2.75, 3.05) is 13.1 Å². The Morgan fingerprint density at radius 2 is 1.80 bits per heavy atom. The van der Waals surface area contributed by atoms with Crippen molar-refractivity contribution in [1.29, 1.82) is 0 Å². The smallest absolute Gasteiger partial charge is 0.276 e. The number of thioether (sulfide) groups is 1. The number of hydrogen-bond acceptors (Lipinski definition) is 4. The quantitative estimate of drug-likeness (QED) is 0.560. The molecule has 0 bridgehead atoms. The van der Waals surface area contributed by atoms with E-state index in [0.717, 1.165) is 45.3 Å². The molecule has 3 aromatic rings. The Balaban J connectivity index is 1.25. The molecule has 156 valence electrons. The average Bonchev–Trinajstić information content (AvgIpc) is 3.25. The third kappa shape index (κ3) is 5.30. The van der Waals surface area contributed by atoms with Crippen molar-refractivity contribution in [3.8, 4) is 0 Å². The molecular weight excluding hydrogens is 392 g/mol. The van der Waals surface area contributed by atoms with E-state index in [1.54, 1.807) is 10.9 Å². The predicted molar refractivity (Wildman–Crippen MR) is 121 cm³/mol. The SMILES string of the molecule is Cc1ccccc1SC1CCN(C(=O)c2cn(CCCc3ccccc3)nn2)CC1. The number of carbonyl (C=O) groups excluding carboxylic acids is 1. The number of nitrogens with zero attached hydrogens (tertiary/aromatic N) is 4. The summed E-state index contributed by atoms with van der Waals surface area (Å²) in [6.07, 6.45) is 5.78. The predicted octanol–water partition coefficient (Wildman–Crippen LogP) is 4.62. The highest BCUT2D eigenvalue weighted by Gasteiger charge is 2.26. The Hall–Kier alpha value is -2.60. The van der Waals surface area contributed by atoms with E-state index in [-0.39, 0.29) is 5.91 Å². The molecule has 1 saturated heterocycles. The Bertz CT molecular complexity index is 964. The monoisotopic (exact) mass is 420 g/mol. The van der Waals surface area contributed by atoms with Gasteiger partial charge in [0.15, 0.2) is 5.69 Å². The van der Waals surface area contributed by atoms with Crippen LogP contribution in [-0.2, 0) is 13.0 Å². The summed E-state index contributed by atoms with van der Waals surface area (Å²) in [5.41, 5.74) is 3.10. The van der Waals surface area contributed by atoms with Crippen molar-refractivity contribution < 1.29 is 4.79 Å². The minimum Gasteiger partial charge on any atom is -0.337 e. The third-order valence-electron chi connectivity index (χ3n) is 5.57. The first-order valence-electron chi connectivity index (χ1n) is 10.6. The maximum atomic E-state index is 12.8. The van der Waals surface area contributed by atoms with Crippen LogP contribution in [0.15, 0.2) is 65.7 Å². The fourth-order valence-corrected chi connectivity index (χ4v) is 5.02. The van der Waals surface area contributed by atoms with Gasteiger partial charge in [-0.25, -0.2) is 0 Å². The van der Waals surface area contributed by atoms with Crippen LogP contribution in [0.1, 0.15) is 40.9 Å². The van der Waals surface area contributed by atoms with E-state index in [0.29, 0.717) is 10.9 Å². The van der Waals surface area contributed by atoms with E-state index in [9.17, 15) is 4.79 Å². The lowest BCUT2D eigenvalue weighted by atomic mass is 10.1. The highest BCUT2D eigenvalue weighted by Crippen LogP contribution is 2.32. The van der Waals surface area contributed by atoms with Crippen molar-refractivity contribution in [1.82, 2.24) is 19.9 Å². The molecule has 1 aromatic heterocycles. The number of aryl methyl sites for hydroxylation is 3. The van der Waals surface area contributed by atoms with Gasteiger partial charge >= 0.3 is 0 Å². The average molecular weight is 421 g/mol. The van der Waals surface area contributed by atoms with Gasteiger partial charge in [0.25, 0.3) is 5.91 Å². The van der Waals surface area contributed by atoms with Crippen LogP contribution in [0.3, 0.4) is 0 Å². The molecule has 0 N–H and O–H groups in total. The van der Waals surface area contributed by atoms with Crippen molar-refractivity contribution in [2.24, 2.45) is 0 Å². The van der Waals surface area contributed by atoms with Crippen LogP contribution in [0.2, 0.25) is 0 Å². The molecule has 1 amide bonds.